The first-order valence-electron chi connectivity index (χ1n) is 8.12. The number of ether oxygens (including phenoxy) is 1. The molecule has 1 atom stereocenters. The van der Waals surface area contributed by atoms with Crippen LogP contribution < -0.4 is 9.46 Å². The van der Waals surface area contributed by atoms with Crippen LogP contribution in [0, 0.1) is 6.92 Å². The second-order valence-electron chi connectivity index (χ2n) is 6.27. The summed E-state index contributed by atoms with van der Waals surface area (Å²) in [5.74, 6) is 0.565. The molecule has 0 spiro atoms. The number of anilines is 1. The van der Waals surface area contributed by atoms with Crippen molar-refractivity contribution in [1.29, 1.82) is 0 Å². The summed E-state index contributed by atoms with van der Waals surface area (Å²) in [6.07, 6.45) is 1.08. The van der Waals surface area contributed by atoms with Gasteiger partial charge in [0, 0.05) is 12.6 Å². The van der Waals surface area contributed by atoms with Crippen molar-refractivity contribution in [1.82, 2.24) is 4.90 Å². The van der Waals surface area contributed by atoms with Crippen LogP contribution in [0.4, 0.5) is 5.69 Å². The minimum Gasteiger partial charge on any atom is -0.497 e. The monoisotopic (exact) mass is 376 g/mol. The lowest BCUT2D eigenvalue weighted by atomic mass is 10.0. The van der Waals surface area contributed by atoms with Gasteiger partial charge in [-0.3, -0.25) is 9.52 Å². The van der Waals surface area contributed by atoms with E-state index >= 15 is 0 Å². The Hall–Kier alpha value is -2.54. The van der Waals surface area contributed by atoms with Crippen LogP contribution in [-0.2, 0) is 10.0 Å². The highest BCUT2D eigenvalue weighted by atomic mass is 32.2. The van der Waals surface area contributed by atoms with E-state index in [2.05, 4.69) is 4.72 Å². The van der Waals surface area contributed by atoms with Crippen LogP contribution in [0.25, 0.3) is 0 Å². The summed E-state index contributed by atoms with van der Waals surface area (Å²) in [6.45, 7) is 3.72. The van der Waals surface area contributed by atoms with Crippen LogP contribution >= 0.6 is 0 Å². The molecule has 0 aromatic heterocycles. The van der Waals surface area contributed by atoms with Gasteiger partial charge in [-0.15, -0.1) is 0 Å². The fourth-order valence-corrected chi connectivity index (χ4v) is 3.17. The Morgan fingerprint density at radius 2 is 1.77 bits per heavy atom. The van der Waals surface area contributed by atoms with Gasteiger partial charge < -0.3 is 9.64 Å². The maximum atomic E-state index is 12.8. The Kier molecular flexibility index (Phi) is 5.92. The number of aryl methyl sites for hydroxylation is 1. The molecule has 6 nitrogen and oxygen atoms in total. The lowest BCUT2D eigenvalue weighted by Gasteiger charge is -2.26. The normalized spacial score (nSPS) is 12.3. The highest BCUT2D eigenvalue weighted by molar-refractivity contribution is 7.92. The number of benzene rings is 2. The number of sulfonamides is 1. The van der Waals surface area contributed by atoms with Gasteiger partial charge in [0.25, 0.3) is 5.91 Å². The zero-order valence-corrected chi connectivity index (χ0v) is 16.4. The van der Waals surface area contributed by atoms with Crippen molar-refractivity contribution in [3.05, 3.63) is 59.2 Å². The summed E-state index contributed by atoms with van der Waals surface area (Å²) in [7, 11) is -0.0874. The first-order valence-corrected chi connectivity index (χ1v) is 10.0. The quantitative estimate of drug-likeness (QED) is 0.840. The smallest absolute Gasteiger partial charge is 0.254 e. The van der Waals surface area contributed by atoms with Crippen molar-refractivity contribution in [2.24, 2.45) is 0 Å². The fraction of sp³-hybridized carbons (Fsp3) is 0.316. The van der Waals surface area contributed by atoms with Gasteiger partial charge in [-0.1, -0.05) is 18.2 Å². The molecule has 0 aliphatic carbocycles. The topological polar surface area (TPSA) is 75.7 Å². The van der Waals surface area contributed by atoms with E-state index in [1.807, 2.05) is 31.2 Å². The molecule has 0 heterocycles. The van der Waals surface area contributed by atoms with E-state index in [1.165, 1.54) is 0 Å². The summed E-state index contributed by atoms with van der Waals surface area (Å²) >= 11 is 0. The second-order valence-corrected chi connectivity index (χ2v) is 8.02. The minimum absolute atomic E-state index is 0.152. The van der Waals surface area contributed by atoms with Crippen molar-refractivity contribution < 1.29 is 17.9 Å². The zero-order valence-electron chi connectivity index (χ0n) is 15.6. The molecule has 0 aliphatic heterocycles. The van der Waals surface area contributed by atoms with Gasteiger partial charge in [-0.25, -0.2) is 8.42 Å². The molecule has 0 bridgehead atoms. The van der Waals surface area contributed by atoms with E-state index in [0.717, 1.165) is 23.1 Å². The Balaban J connectivity index is 2.25. The Labute approximate surface area is 154 Å². The van der Waals surface area contributed by atoms with Gasteiger partial charge in [-0.05, 0) is 49.2 Å². The van der Waals surface area contributed by atoms with E-state index in [4.69, 9.17) is 4.74 Å². The average Bonchev–Trinajstić information content (AvgIpc) is 2.60. The van der Waals surface area contributed by atoms with Crippen molar-refractivity contribution >= 4 is 21.6 Å². The molecule has 0 fully saturated rings. The summed E-state index contributed by atoms with van der Waals surface area (Å²) in [5, 5.41) is 0. The number of nitrogens with one attached hydrogen (secondary N) is 1. The number of hydrogen-bond donors (Lipinski definition) is 1. The van der Waals surface area contributed by atoms with Crippen LogP contribution in [0.2, 0.25) is 0 Å². The molecule has 2 rings (SSSR count). The van der Waals surface area contributed by atoms with Crippen LogP contribution in [-0.4, -0.2) is 39.6 Å². The third kappa shape index (κ3) is 4.76. The Morgan fingerprint density at radius 1 is 1.15 bits per heavy atom. The average molecular weight is 376 g/mol. The lowest BCUT2D eigenvalue weighted by Crippen LogP contribution is -2.29. The number of amides is 1. The minimum atomic E-state index is -3.42. The molecule has 1 N–H and O–H groups in total. The van der Waals surface area contributed by atoms with Crippen LogP contribution in [0.3, 0.4) is 0 Å². The predicted molar refractivity (Wildman–Crippen MR) is 103 cm³/mol. The molecule has 0 radical (unpaired) electrons. The molecular formula is C19H24N2O4S. The Morgan fingerprint density at radius 3 is 2.31 bits per heavy atom. The first kappa shape index (κ1) is 19.8. The number of methoxy groups -OCH3 is 1. The van der Waals surface area contributed by atoms with E-state index in [-0.39, 0.29) is 11.9 Å². The van der Waals surface area contributed by atoms with Gasteiger partial charge in [0.05, 0.1) is 25.1 Å². The highest BCUT2D eigenvalue weighted by Crippen LogP contribution is 2.25. The Bertz CT molecular complexity index is 892. The van der Waals surface area contributed by atoms with Crippen LogP contribution in [0.5, 0.6) is 5.75 Å². The third-order valence-electron chi connectivity index (χ3n) is 4.28. The van der Waals surface area contributed by atoms with Gasteiger partial charge in [-0.2, -0.15) is 0 Å². The number of rotatable bonds is 6. The number of carbonyl (C=O) groups is 1. The zero-order chi connectivity index (χ0) is 19.5. The molecule has 7 heteroatoms. The van der Waals surface area contributed by atoms with E-state index < -0.39 is 10.0 Å². The molecular weight excluding hydrogens is 352 g/mol. The van der Waals surface area contributed by atoms with E-state index in [9.17, 15) is 13.2 Å². The first-order chi connectivity index (χ1) is 12.1. The maximum absolute atomic E-state index is 12.8. The summed E-state index contributed by atoms with van der Waals surface area (Å²) in [5.41, 5.74) is 2.55. The molecule has 0 saturated carbocycles. The molecule has 0 aliphatic rings. The molecule has 26 heavy (non-hydrogen) atoms. The van der Waals surface area contributed by atoms with Crippen LogP contribution in [0.15, 0.2) is 42.5 Å². The van der Waals surface area contributed by atoms with E-state index in [1.54, 1.807) is 44.2 Å². The highest BCUT2D eigenvalue weighted by Gasteiger charge is 2.20. The second kappa shape index (κ2) is 7.78. The molecule has 1 unspecified atom stereocenters. The van der Waals surface area contributed by atoms with Gasteiger partial charge >= 0.3 is 0 Å². The van der Waals surface area contributed by atoms with Crippen molar-refractivity contribution in [3.63, 3.8) is 0 Å². The standard InChI is InChI=1S/C19H24N2O4S/c1-13-6-7-16(12-18(13)20-26(5,23)24)19(22)21(3)14(2)15-8-10-17(25-4)11-9-15/h6-12,14,20H,1-5H3. The number of carbonyl (C=O) groups excluding carboxylic acids is 1. The lowest BCUT2D eigenvalue weighted by molar-refractivity contribution is 0.0742. The summed E-state index contributed by atoms with van der Waals surface area (Å²) in [4.78, 5) is 14.5. The van der Waals surface area contributed by atoms with Crippen molar-refractivity contribution in [2.45, 2.75) is 19.9 Å². The fourth-order valence-electron chi connectivity index (χ4n) is 2.55. The SMILES string of the molecule is COc1ccc(C(C)N(C)C(=O)c2ccc(C)c(NS(C)(=O)=O)c2)cc1. The summed E-state index contributed by atoms with van der Waals surface area (Å²) < 4.78 is 30.6. The molecule has 0 saturated heterocycles. The summed E-state index contributed by atoms with van der Waals surface area (Å²) in [6, 6.07) is 12.4. The number of hydrogen-bond acceptors (Lipinski definition) is 4. The van der Waals surface area contributed by atoms with Crippen molar-refractivity contribution in [3.8, 4) is 5.75 Å². The molecule has 2 aromatic carbocycles. The molecule has 1 amide bonds. The van der Waals surface area contributed by atoms with Crippen LogP contribution in [0.1, 0.15) is 34.5 Å². The van der Waals surface area contributed by atoms with Gasteiger partial charge in [0.1, 0.15) is 5.75 Å². The predicted octanol–water partition coefficient (Wildman–Crippen LogP) is 3.21. The molecule has 140 valence electrons. The van der Waals surface area contributed by atoms with Crippen molar-refractivity contribution in [2.75, 3.05) is 25.1 Å². The third-order valence-corrected chi connectivity index (χ3v) is 4.87. The molecule has 2 aromatic rings. The maximum Gasteiger partial charge on any atom is 0.254 e. The van der Waals surface area contributed by atoms with E-state index in [0.29, 0.717) is 11.3 Å². The van der Waals surface area contributed by atoms with Gasteiger partial charge in [0.15, 0.2) is 0 Å². The van der Waals surface area contributed by atoms with Gasteiger partial charge in [0.2, 0.25) is 10.0 Å². The number of nitrogens with zero attached hydrogens (tertiary/aromatic N) is 1. The largest absolute Gasteiger partial charge is 0.497 e.